The fourth-order valence-electron chi connectivity index (χ4n) is 2.18. The van der Waals surface area contributed by atoms with E-state index in [1.54, 1.807) is 6.92 Å². The van der Waals surface area contributed by atoms with Gasteiger partial charge in [-0.1, -0.05) is 19.1 Å². The lowest BCUT2D eigenvalue weighted by molar-refractivity contribution is -0.137. The molecule has 1 aliphatic heterocycles. The van der Waals surface area contributed by atoms with Gasteiger partial charge >= 0.3 is 6.18 Å². The summed E-state index contributed by atoms with van der Waals surface area (Å²) in [4.78, 5) is 24.0. The van der Waals surface area contributed by atoms with Gasteiger partial charge in [-0.3, -0.25) is 14.5 Å². The van der Waals surface area contributed by atoms with Crippen molar-refractivity contribution in [2.45, 2.75) is 19.5 Å². The Morgan fingerprint density at radius 1 is 1.38 bits per heavy atom. The average molecular weight is 316 g/mol. The number of nitrogens with two attached hydrogens (primary N) is 1. The van der Waals surface area contributed by atoms with Crippen LogP contribution in [0.1, 0.15) is 24.5 Å². The molecule has 0 aliphatic carbocycles. The third-order valence-electron chi connectivity index (χ3n) is 3.20. The number of carbonyl (C=O) groups excluding carboxylic acids is 2. The first kappa shape index (κ1) is 15.4. The average Bonchev–Trinajstić information content (AvgIpc) is 2.61. The van der Waals surface area contributed by atoms with Crippen molar-refractivity contribution in [3.05, 3.63) is 29.3 Å². The first-order valence-electron chi connectivity index (χ1n) is 6.00. The zero-order valence-electron chi connectivity index (χ0n) is 10.9. The third kappa shape index (κ3) is 2.76. The Labute approximate surface area is 123 Å². The van der Waals surface area contributed by atoms with E-state index in [-0.39, 0.29) is 17.7 Å². The van der Waals surface area contributed by atoms with Crippen molar-refractivity contribution in [3.63, 3.8) is 0 Å². The van der Waals surface area contributed by atoms with Crippen LogP contribution in [0.25, 0.3) is 0 Å². The second-order valence-corrected chi connectivity index (χ2v) is 5.20. The van der Waals surface area contributed by atoms with Gasteiger partial charge in [0, 0.05) is 17.9 Å². The number of carbonyl (C=O) groups is 2. The molecule has 2 rings (SSSR count). The smallest absolute Gasteiger partial charge is 0.389 e. The lowest BCUT2D eigenvalue weighted by atomic mass is 10.1. The first-order chi connectivity index (χ1) is 9.62. The van der Waals surface area contributed by atoms with Crippen molar-refractivity contribution in [1.29, 1.82) is 0 Å². The van der Waals surface area contributed by atoms with Gasteiger partial charge in [-0.15, -0.1) is 0 Å². The van der Waals surface area contributed by atoms with E-state index in [1.807, 2.05) is 0 Å². The van der Waals surface area contributed by atoms with Crippen molar-refractivity contribution < 1.29 is 22.8 Å². The van der Waals surface area contributed by atoms with Crippen LogP contribution in [-0.2, 0) is 15.8 Å². The van der Waals surface area contributed by atoms with E-state index in [0.29, 0.717) is 0 Å². The number of alkyl halides is 3. The zero-order valence-corrected chi connectivity index (χ0v) is 11.7. The molecule has 8 heteroatoms. The molecule has 1 atom stereocenters. The van der Waals surface area contributed by atoms with E-state index in [1.165, 1.54) is 6.07 Å². The summed E-state index contributed by atoms with van der Waals surface area (Å²) in [6, 6.07) is 3.03. The maximum Gasteiger partial charge on any atom is 0.417 e. The molecule has 21 heavy (non-hydrogen) atoms. The van der Waals surface area contributed by atoms with Gasteiger partial charge in [0.05, 0.1) is 11.3 Å². The largest absolute Gasteiger partial charge is 0.417 e. The summed E-state index contributed by atoms with van der Waals surface area (Å²) >= 11 is 4.59. The van der Waals surface area contributed by atoms with Crippen LogP contribution in [0.15, 0.2) is 18.2 Å². The van der Waals surface area contributed by atoms with Gasteiger partial charge in [0.2, 0.25) is 11.8 Å². The molecule has 112 valence electrons. The Bertz CT molecular complexity index is 643. The SMILES string of the molecule is CC1CC(=O)N(c2ccc(C(N)=S)c(C(F)(F)F)c2)C1=O. The fraction of sp³-hybridized carbons (Fsp3) is 0.308. The summed E-state index contributed by atoms with van der Waals surface area (Å²) in [7, 11) is 0. The molecule has 0 spiro atoms. The van der Waals surface area contributed by atoms with Crippen LogP contribution < -0.4 is 10.6 Å². The molecule has 2 N–H and O–H groups in total. The van der Waals surface area contributed by atoms with Crippen LogP contribution >= 0.6 is 12.2 Å². The van der Waals surface area contributed by atoms with Gasteiger partial charge in [0.1, 0.15) is 4.99 Å². The standard InChI is InChI=1S/C13H11F3N2O2S/c1-6-4-10(19)18(12(6)20)7-2-3-8(11(17)21)9(5-7)13(14,15)16/h2-3,5-6H,4H2,1H3,(H2,17,21). The van der Waals surface area contributed by atoms with E-state index in [0.717, 1.165) is 17.0 Å². The van der Waals surface area contributed by atoms with Gasteiger partial charge < -0.3 is 5.73 Å². The van der Waals surface area contributed by atoms with Crippen LogP contribution in [0.3, 0.4) is 0 Å². The molecule has 2 amide bonds. The summed E-state index contributed by atoms with van der Waals surface area (Å²) < 4.78 is 39.1. The highest BCUT2D eigenvalue weighted by atomic mass is 32.1. The topological polar surface area (TPSA) is 63.4 Å². The van der Waals surface area contributed by atoms with E-state index in [9.17, 15) is 22.8 Å². The van der Waals surface area contributed by atoms with Crippen LogP contribution in [-0.4, -0.2) is 16.8 Å². The summed E-state index contributed by atoms with van der Waals surface area (Å²) in [5.41, 5.74) is 3.75. The number of anilines is 1. The minimum Gasteiger partial charge on any atom is -0.389 e. The number of rotatable bonds is 2. The van der Waals surface area contributed by atoms with Crippen LogP contribution in [0.2, 0.25) is 0 Å². The minimum absolute atomic E-state index is 0.0166. The van der Waals surface area contributed by atoms with Gasteiger partial charge in [-0.05, 0) is 18.2 Å². The zero-order chi connectivity index (χ0) is 15.9. The maximum absolute atomic E-state index is 13.0. The summed E-state index contributed by atoms with van der Waals surface area (Å²) in [6.45, 7) is 1.55. The highest BCUT2D eigenvalue weighted by molar-refractivity contribution is 7.80. The summed E-state index contributed by atoms with van der Waals surface area (Å²) in [6.07, 6.45) is -4.70. The summed E-state index contributed by atoms with van der Waals surface area (Å²) in [5, 5.41) is 0. The second kappa shape index (κ2) is 5.10. The van der Waals surface area contributed by atoms with Gasteiger partial charge in [-0.2, -0.15) is 13.2 Å². The Balaban J connectivity index is 2.55. The number of hydrogen-bond acceptors (Lipinski definition) is 3. The molecule has 0 saturated carbocycles. The van der Waals surface area contributed by atoms with E-state index < -0.39 is 34.5 Å². The molecular formula is C13H11F3N2O2S. The molecule has 1 heterocycles. The summed E-state index contributed by atoms with van der Waals surface area (Å²) in [5.74, 6) is -1.58. The third-order valence-corrected chi connectivity index (χ3v) is 3.42. The van der Waals surface area contributed by atoms with E-state index >= 15 is 0 Å². The van der Waals surface area contributed by atoms with Crippen molar-refractivity contribution >= 4 is 34.7 Å². The predicted molar refractivity (Wildman–Crippen MR) is 73.6 cm³/mol. The maximum atomic E-state index is 13.0. The number of hydrogen-bond donors (Lipinski definition) is 1. The Hall–Kier alpha value is -1.96. The molecule has 1 saturated heterocycles. The van der Waals surface area contributed by atoms with Crippen LogP contribution in [0.4, 0.5) is 18.9 Å². The highest BCUT2D eigenvalue weighted by Gasteiger charge is 2.39. The van der Waals surface area contributed by atoms with Gasteiger partial charge in [0.15, 0.2) is 0 Å². The van der Waals surface area contributed by atoms with Gasteiger partial charge in [0.25, 0.3) is 0 Å². The van der Waals surface area contributed by atoms with E-state index in [4.69, 9.17) is 5.73 Å². The number of imide groups is 1. The molecule has 1 aromatic rings. The monoisotopic (exact) mass is 316 g/mol. The number of benzene rings is 1. The number of amides is 2. The Morgan fingerprint density at radius 3 is 2.43 bits per heavy atom. The Morgan fingerprint density at radius 2 is 2.00 bits per heavy atom. The Kier molecular flexibility index (Phi) is 3.75. The van der Waals surface area contributed by atoms with Crippen molar-refractivity contribution in [2.24, 2.45) is 11.7 Å². The molecular weight excluding hydrogens is 305 g/mol. The lowest BCUT2D eigenvalue weighted by Gasteiger charge is -2.18. The molecule has 0 radical (unpaired) electrons. The lowest BCUT2D eigenvalue weighted by Crippen LogP contribution is -2.30. The molecule has 1 unspecified atom stereocenters. The first-order valence-corrected chi connectivity index (χ1v) is 6.41. The highest BCUT2D eigenvalue weighted by Crippen LogP contribution is 2.36. The molecule has 1 aliphatic rings. The molecule has 0 bridgehead atoms. The quantitative estimate of drug-likeness (QED) is 0.671. The minimum atomic E-state index is -4.69. The van der Waals surface area contributed by atoms with Crippen LogP contribution in [0, 0.1) is 5.92 Å². The molecule has 0 aromatic heterocycles. The second-order valence-electron chi connectivity index (χ2n) is 4.76. The van der Waals surface area contributed by atoms with Gasteiger partial charge in [-0.25, -0.2) is 0 Å². The molecule has 1 aromatic carbocycles. The predicted octanol–water partition coefficient (Wildman–Crippen LogP) is 2.24. The normalized spacial score (nSPS) is 19.2. The number of nitrogens with zero attached hydrogens (tertiary/aromatic N) is 1. The van der Waals surface area contributed by atoms with E-state index in [2.05, 4.69) is 12.2 Å². The van der Waals surface area contributed by atoms with Crippen molar-refractivity contribution in [2.75, 3.05) is 4.90 Å². The van der Waals surface area contributed by atoms with Crippen LogP contribution in [0.5, 0.6) is 0 Å². The number of thiocarbonyl (C=S) groups is 1. The molecule has 1 fully saturated rings. The number of halogens is 3. The molecule has 4 nitrogen and oxygen atoms in total. The van der Waals surface area contributed by atoms with Crippen molar-refractivity contribution in [1.82, 2.24) is 0 Å². The fourth-order valence-corrected chi connectivity index (χ4v) is 2.35. The van der Waals surface area contributed by atoms with Crippen molar-refractivity contribution in [3.8, 4) is 0 Å².